The Balaban J connectivity index is 1.93. The van der Waals surface area contributed by atoms with E-state index in [1.54, 1.807) is 19.1 Å². The molecule has 1 unspecified atom stereocenters. The molecular weight excluding hydrogens is 350 g/mol. The van der Waals surface area contributed by atoms with Crippen molar-refractivity contribution < 1.29 is 19.2 Å². The largest absolute Gasteiger partial charge is 0.392 e. The van der Waals surface area contributed by atoms with Gasteiger partial charge in [-0.05, 0) is 11.0 Å². The third kappa shape index (κ3) is 5.95. The number of anilines is 1. The van der Waals surface area contributed by atoms with Gasteiger partial charge in [0.15, 0.2) is 5.69 Å². The van der Waals surface area contributed by atoms with Gasteiger partial charge in [-0.3, -0.25) is 14.6 Å². The monoisotopic (exact) mass is 373 g/mol. The molecular formula is C19H23N3O5. The molecule has 1 heterocycles. The van der Waals surface area contributed by atoms with Crippen LogP contribution in [0.5, 0.6) is 6.01 Å². The van der Waals surface area contributed by atoms with Crippen molar-refractivity contribution in [3.05, 3.63) is 52.4 Å². The number of aromatic nitrogens is 2. The first-order valence-corrected chi connectivity index (χ1v) is 8.47. The van der Waals surface area contributed by atoms with Crippen LogP contribution >= 0.6 is 0 Å². The number of aromatic amines is 1. The predicted octanol–water partition coefficient (Wildman–Crippen LogP) is 2.47. The molecule has 0 spiro atoms. The molecule has 0 saturated heterocycles. The van der Waals surface area contributed by atoms with Crippen LogP contribution in [0.4, 0.5) is 5.69 Å². The molecule has 144 valence electrons. The van der Waals surface area contributed by atoms with Crippen LogP contribution in [0.15, 0.2) is 41.3 Å². The highest BCUT2D eigenvalue weighted by Gasteiger charge is 2.29. The molecule has 8 heteroatoms. The van der Waals surface area contributed by atoms with Gasteiger partial charge in [-0.1, -0.05) is 58.0 Å². The lowest BCUT2D eigenvalue weighted by atomic mass is 9.82. The quantitative estimate of drug-likeness (QED) is 0.591. The van der Waals surface area contributed by atoms with Crippen molar-refractivity contribution in [2.45, 2.75) is 34.1 Å². The van der Waals surface area contributed by atoms with Gasteiger partial charge in [-0.15, -0.1) is 0 Å². The first-order valence-electron chi connectivity index (χ1n) is 8.47. The van der Waals surface area contributed by atoms with Crippen molar-refractivity contribution in [2.24, 2.45) is 11.3 Å². The molecule has 0 saturated carbocycles. The minimum atomic E-state index is -0.635. The summed E-state index contributed by atoms with van der Waals surface area (Å²) in [6.07, 6.45) is 1.18. The second kappa shape index (κ2) is 8.48. The molecule has 0 radical (unpaired) electrons. The lowest BCUT2D eigenvalue weighted by Crippen LogP contribution is -2.30. The molecule has 0 bridgehead atoms. The summed E-state index contributed by atoms with van der Waals surface area (Å²) in [5.74, 6) is -1.45. The molecule has 1 aromatic heterocycles. The van der Waals surface area contributed by atoms with E-state index in [0.29, 0.717) is 0 Å². The number of ether oxygens (including phenoxy) is 1. The van der Waals surface area contributed by atoms with Gasteiger partial charge in [0.2, 0.25) is 0 Å². The van der Waals surface area contributed by atoms with Crippen LogP contribution in [-0.4, -0.2) is 21.9 Å². The van der Waals surface area contributed by atoms with E-state index in [2.05, 4.69) is 15.4 Å². The standard InChI is InChI=1S/C19H23N3O5/c1-12(19(2,3)4)17(25)26-18-20-11-14(16(24)21-18)22-27-15(23)10-13-8-6-5-7-9-13/h5-9,11-12,22H,10H2,1-4H3,(H,20,21,24). The number of carbonyl (C=O) groups is 2. The number of nitrogens with zero attached hydrogens (tertiary/aromatic N) is 1. The smallest absolute Gasteiger partial charge is 0.336 e. The van der Waals surface area contributed by atoms with Gasteiger partial charge in [0.05, 0.1) is 18.5 Å². The molecule has 2 N–H and O–H groups in total. The van der Waals surface area contributed by atoms with Crippen molar-refractivity contribution in [2.75, 3.05) is 5.48 Å². The molecule has 27 heavy (non-hydrogen) atoms. The molecule has 1 aromatic carbocycles. The minimum absolute atomic E-state index is 0.0551. The number of hydrogen-bond donors (Lipinski definition) is 2. The lowest BCUT2D eigenvalue weighted by molar-refractivity contribution is -0.142. The van der Waals surface area contributed by atoms with Gasteiger partial charge >= 0.3 is 17.9 Å². The molecule has 0 aliphatic carbocycles. The zero-order valence-corrected chi connectivity index (χ0v) is 15.7. The number of esters is 1. The zero-order chi connectivity index (χ0) is 20.0. The summed E-state index contributed by atoms with van der Waals surface area (Å²) in [4.78, 5) is 46.9. The van der Waals surface area contributed by atoms with Gasteiger partial charge in [0.25, 0.3) is 5.56 Å². The highest BCUT2D eigenvalue weighted by atomic mass is 16.7. The number of H-pyrrole nitrogens is 1. The van der Waals surface area contributed by atoms with Crippen molar-refractivity contribution >= 4 is 17.6 Å². The fourth-order valence-corrected chi connectivity index (χ4v) is 1.95. The van der Waals surface area contributed by atoms with E-state index >= 15 is 0 Å². The van der Waals surface area contributed by atoms with E-state index in [1.165, 1.54) is 0 Å². The molecule has 2 rings (SSSR count). The Kier molecular flexibility index (Phi) is 6.33. The van der Waals surface area contributed by atoms with E-state index in [0.717, 1.165) is 11.8 Å². The van der Waals surface area contributed by atoms with Crippen molar-refractivity contribution in [3.63, 3.8) is 0 Å². The summed E-state index contributed by atoms with van der Waals surface area (Å²) in [5, 5.41) is 0. The Morgan fingerprint density at radius 1 is 1.22 bits per heavy atom. The number of hydrogen-bond acceptors (Lipinski definition) is 7. The summed E-state index contributed by atoms with van der Waals surface area (Å²) >= 11 is 0. The van der Waals surface area contributed by atoms with Crippen LogP contribution in [0, 0.1) is 11.3 Å². The van der Waals surface area contributed by atoms with Crippen LogP contribution < -0.4 is 15.8 Å². The molecule has 0 fully saturated rings. The maximum Gasteiger partial charge on any atom is 0.336 e. The van der Waals surface area contributed by atoms with E-state index < -0.39 is 17.5 Å². The summed E-state index contributed by atoms with van der Waals surface area (Å²) in [6.45, 7) is 7.46. The average Bonchev–Trinajstić information content (AvgIpc) is 2.60. The van der Waals surface area contributed by atoms with Crippen LogP contribution in [0.25, 0.3) is 0 Å². The van der Waals surface area contributed by atoms with Gasteiger partial charge in [0, 0.05) is 0 Å². The Morgan fingerprint density at radius 3 is 2.48 bits per heavy atom. The summed E-state index contributed by atoms with van der Waals surface area (Å²) in [7, 11) is 0. The van der Waals surface area contributed by atoms with Crippen molar-refractivity contribution in [1.82, 2.24) is 9.97 Å². The maximum absolute atomic E-state index is 12.1. The van der Waals surface area contributed by atoms with E-state index in [-0.39, 0.29) is 29.5 Å². The number of rotatable bonds is 6. The lowest BCUT2D eigenvalue weighted by Gasteiger charge is -2.24. The Hall–Kier alpha value is -3.16. The Bertz CT molecular complexity index is 856. The molecule has 1 atom stereocenters. The van der Waals surface area contributed by atoms with Crippen molar-refractivity contribution in [3.8, 4) is 6.01 Å². The highest BCUT2D eigenvalue weighted by molar-refractivity contribution is 5.75. The molecule has 0 aliphatic rings. The molecule has 2 aromatic rings. The van der Waals surface area contributed by atoms with Gasteiger partial charge in [0.1, 0.15) is 0 Å². The van der Waals surface area contributed by atoms with Gasteiger partial charge in [-0.2, -0.15) is 0 Å². The van der Waals surface area contributed by atoms with Crippen LogP contribution in [0.3, 0.4) is 0 Å². The summed E-state index contributed by atoms with van der Waals surface area (Å²) in [5.41, 5.74) is 2.04. The number of nitrogens with one attached hydrogen (secondary N) is 2. The predicted molar refractivity (Wildman–Crippen MR) is 99.0 cm³/mol. The van der Waals surface area contributed by atoms with Crippen LogP contribution in [0.2, 0.25) is 0 Å². The summed E-state index contributed by atoms with van der Waals surface area (Å²) in [6, 6.07) is 8.82. The van der Waals surface area contributed by atoms with Crippen LogP contribution in [-0.2, 0) is 20.8 Å². The van der Waals surface area contributed by atoms with E-state index in [1.807, 2.05) is 39.0 Å². The zero-order valence-electron chi connectivity index (χ0n) is 15.7. The fourth-order valence-electron chi connectivity index (χ4n) is 1.95. The van der Waals surface area contributed by atoms with Crippen molar-refractivity contribution in [1.29, 1.82) is 0 Å². The van der Waals surface area contributed by atoms with Gasteiger partial charge < -0.3 is 9.57 Å². The third-order valence-corrected chi connectivity index (χ3v) is 4.09. The average molecular weight is 373 g/mol. The Morgan fingerprint density at radius 2 is 1.89 bits per heavy atom. The minimum Gasteiger partial charge on any atom is -0.392 e. The first kappa shape index (κ1) is 20.2. The Labute approximate surface area is 156 Å². The van der Waals surface area contributed by atoms with Crippen LogP contribution in [0.1, 0.15) is 33.3 Å². The maximum atomic E-state index is 12.1. The van der Waals surface area contributed by atoms with Gasteiger partial charge in [-0.25, -0.2) is 15.3 Å². The number of carbonyl (C=O) groups excluding carboxylic acids is 2. The van der Waals surface area contributed by atoms with E-state index in [4.69, 9.17) is 9.57 Å². The second-order valence-corrected chi connectivity index (χ2v) is 7.18. The summed E-state index contributed by atoms with van der Waals surface area (Å²) < 4.78 is 5.10. The molecule has 0 amide bonds. The molecule has 8 nitrogen and oxygen atoms in total. The fraction of sp³-hybridized carbons (Fsp3) is 0.368. The van der Waals surface area contributed by atoms with E-state index in [9.17, 15) is 14.4 Å². The number of benzene rings is 1. The molecule has 0 aliphatic heterocycles. The first-order chi connectivity index (χ1) is 12.7. The topological polar surface area (TPSA) is 110 Å². The second-order valence-electron chi connectivity index (χ2n) is 7.18. The third-order valence-electron chi connectivity index (χ3n) is 4.09. The SMILES string of the molecule is CC(C(=O)Oc1ncc(NOC(=O)Cc2ccccc2)c(=O)[nH]1)C(C)(C)C. The normalized spacial score (nSPS) is 12.1. The highest BCUT2D eigenvalue weighted by Crippen LogP contribution is 2.26.